The standard InChI is InChI=1S/C12H10F3N3O2S/c1-16-11-3-2-8(6-17-11)21(19,20)18-7-4-9(13)12(15)10(14)5-7/h2-6,18H,1H3,(H,16,17). The van der Waals surface area contributed by atoms with Gasteiger partial charge in [-0.05, 0) is 12.1 Å². The molecule has 0 aliphatic heterocycles. The molecule has 1 heterocycles. The van der Waals surface area contributed by atoms with Crippen molar-refractivity contribution >= 4 is 21.5 Å². The van der Waals surface area contributed by atoms with E-state index in [4.69, 9.17) is 0 Å². The van der Waals surface area contributed by atoms with E-state index in [2.05, 4.69) is 10.3 Å². The van der Waals surface area contributed by atoms with Crippen molar-refractivity contribution in [2.24, 2.45) is 0 Å². The molecule has 0 amide bonds. The quantitative estimate of drug-likeness (QED) is 0.849. The third-order valence-electron chi connectivity index (χ3n) is 2.54. The van der Waals surface area contributed by atoms with Gasteiger partial charge in [0.2, 0.25) is 0 Å². The smallest absolute Gasteiger partial charge is 0.263 e. The SMILES string of the molecule is CNc1ccc(S(=O)(=O)Nc2cc(F)c(F)c(F)c2)cn1. The molecule has 2 aromatic rings. The Morgan fingerprint density at radius 1 is 1.10 bits per heavy atom. The van der Waals surface area contributed by atoms with Gasteiger partial charge in [-0.3, -0.25) is 4.72 Å². The first-order chi connectivity index (χ1) is 9.83. The van der Waals surface area contributed by atoms with Gasteiger partial charge in [0, 0.05) is 25.4 Å². The lowest BCUT2D eigenvalue weighted by Crippen LogP contribution is -2.14. The molecule has 0 atom stereocenters. The summed E-state index contributed by atoms with van der Waals surface area (Å²) in [6.07, 6.45) is 1.07. The maximum absolute atomic E-state index is 13.0. The molecule has 2 N–H and O–H groups in total. The zero-order chi connectivity index (χ0) is 15.6. The van der Waals surface area contributed by atoms with Crippen molar-refractivity contribution in [2.45, 2.75) is 4.90 Å². The van der Waals surface area contributed by atoms with Crippen molar-refractivity contribution in [2.75, 3.05) is 17.1 Å². The van der Waals surface area contributed by atoms with Gasteiger partial charge in [-0.15, -0.1) is 0 Å². The van der Waals surface area contributed by atoms with Gasteiger partial charge in [0.25, 0.3) is 10.0 Å². The summed E-state index contributed by atoms with van der Waals surface area (Å²) in [4.78, 5) is 3.61. The molecule has 0 saturated carbocycles. The Balaban J connectivity index is 2.32. The first-order valence-corrected chi connectivity index (χ1v) is 7.13. The minimum absolute atomic E-state index is 0.202. The third-order valence-corrected chi connectivity index (χ3v) is 3.91. The molecular weight excluding hydrogens is 307 g/mol. The van der Waals surface area contributed by atoms with Crippen LogP contribution in [0.15, 0.2) is 35.4 Å². The molecule has 112 valence electrons. The van der Waals surface area contributed by atoms with E-state index in [0.717, 1.165) is 6.20 Å². The highest BCUT2D eigenvalue weighted by Crippen LogP contribution is 2.21. The van der Waals surface area contributed by atoms with Crippen LogP contribution in [0, 0.1) is 17.5 Å². The van der Waals surface area contributed by atoms with Crippen molar-refractivity contribution in [3.63, 3.8) is 0 Å². The Kier molecular flexibility index (Phi) is 4.03. The lowest BCUT2D eigenvalue weighted by Gasteiger charge is -2.09. The van der Waals surface area contributed by atoms with Crippen LogP contribution in [0.5, 0.6) is 0 Å². The molecule has 2 rings (SSSR count). The van der Waals surface area contributed by atoms with E-state index in [1.807, 2.05) is 4.72 Å². The van der Waals surface area contributed by atoms with E-state index in [1.54, 1.807) is 7.05 Å². The molecule has 9 heteroatoms. The lowest BCUT2D eigenvalue weighted by molar-refractivity contribution is 0.448. The van der Waals surface area contributed by atoms with Gasteiger partial charge in [-0.25, -0.2) is 26.6 Å². The molecule has 0 aliphatic carbocycles. The molecule has 0 aliphatic rings. The zero-order valence-electron chi connectivity index (χ0n) is 10.7. The van der Waals surface area contributed by atoms with Gasteiger partial charge in [0.15, 0.2) is 17.5 Å². The number of rotatable bonds is 4. The number of aromatic nitrogens is 1. The molecule has 0 spiro atoms. The van der Waals surface area contributed by atoms with Gasteiger partial charge in [-0.1, -0.05) is 0 Å². The van der Waals surface area contributed by atoms with Gasteiger partial charge in [0.1, 0.15) is 10.7 Å². The minimum atomic E-state index is -4.08. The van der Waals surface area contributed by atoms with E-state index in [0.29, 0.717) is 18.0 Å². The van der Waals surface area contributed by atoms with Crippen LogP contribution in [0.1, 0.15) is 0 Å². The van der Waals surface area contributed by atoms with Gasteiger partial charge in [-0.2, -0.15) is 0 Å². The number of halogens is 3. The Morgan fingerprint density at radius 3 is 2.19 bits per heavy atom. The molecule has 1 aromatic heterocycles. The van der Waals surface area contributed by atoms with Crippen LogP contribution in [0.4, 0.5) is 24.7 Å². The van der Waals surface area contributed by atoms with E-state index < -0.39 is 33.2 Å². The summed E-state index contributed by atoms with van der Waals surface area (Å²) in [5.41, 5.74) is -0.427. The number of nitrogens with zero attached hydrogens (tertiary/aromatic N) is 1. The number of benzene rings is 1. The minimum Gasteiger partial charge on any atom is -0.373 e. The van der Waals surface area contributed by atoms with E-state index in [1.165, 1.54) is 12.1 Å². The van der Waals surface area contributed by atoms with Crippen LogP contribution in [0.25, 0.3) is 0 Å². The molecule has 0 bridgehead atoms. The van der Waals surface area contributed by atoms with Crippen molar-refractivity contribution in [1.29, 1.82) is 0 Å². The molecule has 21 heavy (non-hydrogen) atoms. The molecule has 0 saturated heterocycles. The summed E-state index contributed by atoms with van der Waals surface area (Å²) < 4.78 is 64.8. The Labute approximate surface area is 118 Å². The topological polar surface area (TPSA) is 71.1 Å². The summed E-state index contributed by atoms with van der Waals surface area (Å²) in [5.74, 6) is -4.20. The fourth-order valence-electron chi connectivity index (χ4n) is 1.52. The number of nitrogens with one attached hydrogen (secondary N) is 2. The molecular formula is C12H10F3N3O2S. The van der Waals surface area contributed by atoms with E-state index >= 15 is 0 Å². The predicted molar refractivity (Wildman–Crippen MR) is 70.9 cm³/mol. The number of hydrogen-bond donors (Lipinski definition) is 2. The molecule has 0 unspecified atom stereocenters. The summed E-state index contributed by atoms with van der Waals surface area (Å²) in [5, 5.41) is 2.71. The molecule has 5 nitrogen and oxygen atoms in total. The Morgan fingerprint density at radius 2 is 1.71 bits per heavy atom. The first-order valence-electron chi connectivity index (χ1n) is 5.64. The van der Waals surface area contributed by atoms with Crippen LogP contribution >= 0.6 is 0 Å². The molecule has 0 radical (unpaired) electrons. The highest BCUT2D eigenvalue weighted by molar-refractivity contribution is 7.92. The van der Waals surface area contributed by atoms with Crippen LogP contribution in [0.3, 0.4) is 0 Å². The average molecular weight is 317 g/mol. The molecule has 0 fully saturated rings. The highest BCUT2D eigenvalue weighted by atomic mass is 32.2. The number of anilines is 2. The summed E-state index contributed by atoms with van der Waals surface area (Å²) >= 11 is 0. The largest absolute Gasteiger partial charge is 0.373 e. The lowest BCUT2D eigenvalue weighted by atomic mass is 10.3. The van der Waals surface area contributed by atoms with Crippen LogP contribution in [-0.2, 0) is 10.0 Å². The second-order valence-electron chi connectivity index (χ2n) is 3.99. The van der Waals surface area contributed by atoms with Gasteiger partial charge < -0.3 is 5.32 Å². The summed E-state index contributed by atoms with van der Waals surface area (Å²) in [6.45, 7) is 0. The Hall–Kier alpha value is -2.29. The van der Waals surface area contributed by atoms with Crippen LogP contribution in [0.2, 0.25) is 0 Å². The highest BCUT2D eigenvalue weighted by Gasteiger charge is 2.17. The van der Waals surface area contributed by atoms with Gasteiger partial charge >= 0.3 is 0 Å². The third kappa shape index (κ3) is 3.24. The summed E-state index contributed by atoms with van der Waals surface area (Å²) in [6, 6.07) is 3.77. The predicted octanol–water partition coefficient (Wildman–Crippen LogP) is 2.34. The second kappa shape index (κ2) is 5.60. The van der Waals surface area contributed by atoms with E-state index in [-0.39, 0.29) is 4.90 Å². The fraction of sp³-hybridized carbons (Fsp3) is 0.0833. The van der Waals surface area contributed by atoms with Crippen molar-refractivity contribution in [1.82, 2.24) is 4.98 Å². The monoisotopic (exact) mass is 317 g/mol. The maximum atomic E-state index is 13.0. The first kappa shape index (κ1) is 15.1. The molecule has 1 aromatic carbocycles. The van der Waals surface area contributed by atoms with E-state index in [9.17, 15) is 21.6 Å². The van der Waals surface area contributed by atoms with Crippen LogP contribution < -0.4 is 10.0 Å². The average Bonchev–Trinajstić information content (AvgIpc) is 2.44. The maximum Gasteiger partial charge on any atom is 0.263 e. The number of pyridine rings is 1. The van der Waals surface area contributed by atoms with Crippen molar-refractivity contribution in [3.05, 3.63) is 47.9 Å². The summed E-state index contributed by atoms with van der Waals surface area (Å²) in [7, 11) is -2.47. The van der Waals surface area contributed by atoms with Gasteiger partial charge in [0.05, 0.1) is 5.69 Å². The fourth-order valence-corrected chi connectivity index (χ4v) is 2.50. The van der Waals surface area contributed by atoms with Crippen LogP contribution in [-0.4, -0.2) is 20.4 Å². The zero-order valence-corrected chi connectivity index (χ0v) is 11.5. The normalized spacial score (nSPS) is 11.2. The Bertz CT molecular complexity index is 741. The number of hydrogen-bond acceptors (Lipinski definition) is 4. The van der Waals surface area contributed by atoms with Crippen molar-refractivity contribution < 1.29 is 21.6 Å². The number of sulfonamides is 1. The second-order valence-corrected chi connectivity index (χ2v) is 5.67. The van der Waals surface area contributed by atoms with Crippen molar-refractivity contribution in [3.8, 4) is 0 Å².